The Kier molecular flexibility index (Phi) is 3.50. The van der Waals surface area contributed by atoms with Gasteiger partial charge >= 0.3 is 0 Å². The van der Waals surface area contributed by atoms with Crippen LogP contribution in [0, 0.1) is 5.92 Å². The van der Waals surface area contributed by atoms with Crippen LogP contribution in [0.15, 0.2) is 24.3 Å². The van der Waals surface area contributed by atoms with E-state index in [9.17, 15) is 14.7 Å². The van der Waals surface area contributed by atoms with Gasteiger partial charge in [0.1, 0.15) is 5.75 Å². The largest absolute Gasteiger partial charge is 0.550 e. The van der Waals surface area contributed by atoms with Gasteiger partial charge in [0, 0.05) is 24.9 Å². The summed E-state index contributed by atoms with van der Waals surface area (Å²) in [7, 11) is 0. The van der Waals surface area contributed by atoms with Crippen molar-refractivity contribution in [1.82, 2.24) is 0 Å². The highest BCUT2D eigenvalue weighted by Crippen LogP contribution is 2.32. The van der Waals surface area contributed by atoms with Gasteiger partial charge in [0.2, 0.25) is 5.91 Å². The molecule has 1 amide bonds. The first kappa shape index (κ1) is 12.4. The monoisotopic (exact) mass is 248 g/mol. The molecule has 1 aliphatic heterocycles. The van der Waals surface area contributed by atoms with Crippen molar-refractivity contribution in [2.75, 3.05) is 18.1 Å². The second-order valence-corrected chi connectivity index (χ2v) is 4.13. The number of anilines is 1. The number of carboxylic acid groups (broad SMARTS) is 1. The highest BCUT2D eigenvalue weighted by Gasteiger charge is 2.32. The summed E-state index contributed by atoms with van der Waals surface area (Å²) in [6, 6.07) is 7.11. The molecule has 18 heavy (non-hydrogen) atoms. The van der Waals surface area contributed by atoms with E-state index in [2.05, 4.69) is 0 Å². The summed E-state index contributed by atoms with van der Waals surface area (Å²) in [6.07, 6.45) is -0.0111. The average Bonchev–Trinajstić information content (AvgIpc) is 2.73. The molecule has 1 aromatic rings. The van der Waals surface area contributed by atoms with Gasteiger partial charge < -0.3 is 19.5 Å². The minimum absolute atomic E-state index is 0.0111. The Morgan fingerprint density at radius 2 is 2.22 bits per heavy atom. The first-order valence-electron chi connectivity index (χ1n) is 5.86. The van der Waals surface area contributed by atoms with E-state index < -0.39 is 11.9 Å². The van der Waals surface area contributed by atoms with Crippen LogP contribution in [0.3, 0.4) is 0 Å². The van der Waals surface area contributed by atoms with Gasteiger partial charge in [0.15, 0.2) is 0 Å². The summed E-state index contributed by atoms with van der Waals surface area (Å²) in [5.74, 6) is -1.55. The van der Waals surface area contributed by atoms with Crippen LogP contribution < -0.4 is 14.7 Å². The lowest BCUT2D eigenvalue weighted by atomic mass is 10.1. The molecule has 0 saturated carbocycles. The summed E-state index contributed by atoms with van der Waals surface area (Å²) in [5.41, 5.74) is 0.619. The van der Waals surface area contributed by atoms with Gasteiger partial charge in [-0.3, -0.25) is 4.79 Å². The number of carboxylic acids is 1. The Balaban J connectivity index is 2.26. The molecule has 96 valence electrons. The Morgan fingerprint density at radius 3 is 2.83 bits per heavy atom. The molecule has 1 aromatic carbocycles. The average molecular weight is 248 g/mol. The zero-order valence-corrected chi connectivity index (χ0v) is 10.1. The van der Waals surface area contributed by atoms with Gasteiger partial charge in [-0.15, -0.1) is 0 Å². The second-order valence-electron chi connectivity index (χ2n) is 4.13. The summed E-state index contributed by atoms with van der Waals surface area (Å²) < 4.78 is 5.44. The molecule has 1 saturated heterocycles. The van der Waals surface area contributed by atoms with Gasteiger partial charge in [0.25, 0.3) is 0 Å². The molecule has 2 rings (SSSR count). The van der Waals surface area contributed by atoms with Gasteiger partial charge in [-0.1, -0.05) is 12.1 Å². The van der Waals surface area contributed by atoms with E-state index in [1.807, 2.05) is 13.0 Å². The molecule has 1 atom stereocenters. The fraction of sp³-hybridized carbons (Fsp3) is 0.385. The number of rotatable bonds is 4. The van der Waals surface area contributed by atoms with Crippen molar-refractivity contribution < 1.29 is 19.4 Å². The van der Waals surface area contributed by atoms with Crippen LogP contribution >= 0.6 is 0 Å². The number of nitrogens with zero attached hydrogens (tertiary/aromatic N) is 1. The minimum Gasteiger partial charge on any atom is -0.550 e. The van der Waals surface area contributed by atoms with Crippen molar-refractivity contribution in [3.05, 3.63) is 24.3 Å². The van der Waals surface area contributed by atoms with Crippen LogP contribution in [-0.2, 0) is 9.59 Å². The maximum absolute atomic E-state index is 11.8. The van der Waals surface area contributed by atoms with E-state index in [0.717, 1.165) is 0 Å². The maximum Gasteiger partial charge on any atom is 0.227 e. The molecule has 0 aromatic heterocycles. The Hall–Kier alpha value is -2.04. The van der Waals surface area contributed by atoms with Gasteiger partial charge in [0.05, 0.1) is 12.3 Å². The summed E-state index contributed by atoms with van der Waals surface area (Å²) in [6.45, 7) is 2.49. The zero-order chi connectivity index (χ0) is 13.1. The topological polar surface area (TPSA) is 69.7 Å². The fourth-order valence-corrected chi connectivity index (χ4v) is 2.06. The number of para-hydroxylation sites is 2. The molecule has 0 bridgehead atoms. The van der Waals surface area contributed by atoms with Crippen LogP contribution in [0.5, 0.6) is 5.75 Å². The van der Waals surface area contributed by atoms with Crippen LogP contribution in [0.25, 0.3) is 0 Å². The number of benzene rings is 1. The first-order chi connectivity index (χ1) is 8.63. The third kappa shape index (κ3) is 2.30. The Morgan fingerprint density at radius 1 is 1.50 bits per heavy atom. The van der Waals surface area contributed by atoms with Crippen molar-refractivity contribution in [3.8, 4) is 5.75 Å². The number of carbonyl (C=O) groups excluding carboxylic acids is 2. The van der Waals surface area contributed by atoms with E-state index in [1.54, 1.807) is 18.2 Å². The Bertz CT molecular complexity index is 472. The lowest BCUT2D eigenvalue weighted by Gasteiger charge is -2.20. The first-order valence-corrected chi connectivity index (χ1v) is 5.86. The summed E-state index contributed by atoms with van der Waals surface area (Å²) in [4.78, 5) is 24.1. The van der Waals surface area contributed by atoms with Gasteiger partial charge in [-0.05, 0) is 19.1 Å². The molecule has 5 heteroatoms. The molecule has 1 aliphatic rings. The normalized spacial score (nSPS) is 19.1. The summed E-state index contributed by atoms with van der Waals surface area (Å²) >= 11 is 0. The number of carbonyl (C=O) groups is 2. The number of amides is 1. The summed E-state index contributed by atoms with van der Waals surface area (Å²) in [5, 5.41) is 10.8. The van der Waals surface area contributed by atoms with Gasteiger partial charge in [-0.25, -0.2) is 0 Å². The lowest BCUT2D eigenvalue weighted by molar-refractivity contribution is -0.310. The smallest absolute Gasteiger partial charge is 0.227 e. The predicted octanol–water partition coefficient (Wildman–Crippen LogP) is 0.188. The van der Waals surface area contributed by atoms with E-state index in [0.29, 0.717) is 18.0 Å². The molecule has 0 spiro atoms. The van der Waals surface area contributed by atoms with E-state index in [1.165, 1.54) is 4.90 Å². The minimum atomic E-state index is -1.18. The van der Waals surface area contributed by atoms with Crippen molar-refractivity contribution >= 4 is 17.6 Å². The molecule has 0 radical (unpaired) electrons. The van der Waals surface area contributed by atoms with Crippen molar-refractivity contribution in [2.45, 2.75) is 13.3 Å². The molecule has 0 aliphatic carbocycles. The molecular formula is C13H14NO4-. The molecular weight excluding hydrogens is 234 g/mol. The fourth-order valence-electron chi connectivity index (χ4n) is 2.06. The molecule has 0 unspecified atom stereocenters. The van der Waals surface area contributed by atoms with Crippen molar-refractivity contribution in [2.24, 2.45) is 5.92 Å². The van der Waals surface area contributed by atoms with Crippen molar-refractivity contribution in [1.29, 1.82) is 0 Å². The third-order valence-electron chi connectivity index (χ3n) is 2.91. The number of hydrogen-bond acceptors (Lipinski definition) is 4. The number of hydrogen-bond donors (Lipinski definition) is 0. The zero-order valence-electron chi connectivity index (χ0n) is 10.1. The number of ether oxygens (including phenoxy) is 1. The highest BCUT2D eigenvalue weighted by atomic mass is 16.5. The van der Waals surface area contributed by atoms with Crippen LogP contribution in [0.1, 0.15) is 13.3 Å². The third-order valence-corrected chi connectivity index (χ3v) is 2.91. The standard InChI is InChI=1S/C13H15NO4/c1-2-18-11-6-4-3-5-10(11)14-8-9(13(16)17)7-12(14)15/h3-6,9H,2,7-8H2,1H3,(H,16,17)/p-1/t9-/m0/s1. The van der Waals surface area contributed by atoms with Crippen LogP contribution in [0.2, 0.25) is 0 Å². The maximum atomic E-state index is 11.8. The highest BCUT2D eigenvalue weighted by molar-refractivity contribution is 6.00. The van der Waals surface area contributed by atoms with E-state index >= 15 is 0 Å². The number of aliphatic carboxylic acids is 1. The van der Waals surface area contributed by atoms with Crippen LogP contribution in [-0.4, -0.2) is 25.0 Å². The lowest BCUT2D eigenvalue weighted by Crippen LogP contribution is -2.33. The molecule has 0 N–H and O–H groups in total. The van der Waals surface area contributed by atoms with E-state index in [-0.39, 0.29) is 18.9 Å². The molecule has 5 nitrogen and oxygen atoms in total. The predicted molar refractivity (Wildman–Crippen MR) is 63.1 cm³/mol. The van der Waals surface area contributed by atoms with Gasteiger partial charge in [-0.2, -0.15) is 0 Å². The van der Waals surface area contributed by atoms with Crippen LogP contribution in [0.4, 0.5) is 5.69 Å². The second kappa shape index (κ2) is 5.08. The van der Waals surface area contributed by atoms with Crippen molar-refractivity contribution in [3.63, 3.8) is 0 Å². The molecule has 1 heterocycles. The SMILES string of the molecule is CCOc1ccccc1N1C[C@@H](C(=O)[O-])CC1=O. The molecule has 1 fully saturated rings. The Labute approximate surface area is 105 Å². The van der Waals surface area contributed by atoms with E-state index in [4.69, 9.17) is 4.74 Å². The quantitative estimate of drug-likeness (QED) is 0.762.